The molecule has 2 heterocycles. The Morgan fingerprint density at radius 1 is 1.12 bits per heavy atom. The highest BCUT2D eigenvalue weighted by atomic mass is 16.5. The zero-order valence-electron chi connectivity index (χ0n) is 15.1. The number of rotatable bonds is 6. The third kappa shape index (κ3) is 3.08. The Kier molecular flexibility index (Phi) is 5.06. The molecule has 1 aromatic carbocycles. The molecule has 7 nitrogen and oxygen atoms in total. The van der Waals surface area contributed by atoms with Gasteiger partial charge in [0.2, 0.25) is 0 Å². The Bertz CT molecular complexity index is 1050. The predicted octanol–water partition coefficient (Wildman–Crippen LogP) is 1.99. The summed E-state index contributed by atoms with van der Waals surface area (Å²) >= 11 is 0. The van der Waals surface area contributed by atoms with Gasteiger partial charge in [-0.1, -0.05) is 19.4 Å². The largest absolute Gasteiger partial charge is 0.493 e. The second-order valence-corrected chi connectivity index (χ2v) is 5.95. The highest BCUT2D eigenvalue weighted by Crippen LogP contribution is 2.33. The van der Waals surface area contributed by atoms with Crippen LogP contribution in [0.4, 0.5) is 0 Å². The van der Waals surface area contributed by atoms with Gasteiger partial charge in [0.15, 0.2) is 11.5 Å². The van der Waals surface area contributed by atoms with Crippen molar-refractivity contribution in [3.05, 3.63) is 51.3 Å². The van der Waals surface area contributed by atoms with Crippen LogP contribution in [0.25, 0.3) is 22.2 Å². The van der Waals surface area contributed by atoms with E-state index in [4.69, 9.17) is 9.47 Å². The fourth-order valence-electron chi connectivity index (χ4n) is 3.03. The molecular formula is C19H22N3O4+. The monoisotopic (exact) mass is 356 g/mol. The molecule has 0 saturated carbocycles. The van der Waals surface area contributed by atoms with Crippen LogP contribution in [0, 0.1) is 0 Å². The van der Waals surface area contributed by atoms with E-state index in [9.17, 15) is 9.59 Å². The van der Waals surface area contributed by atoms with Gasteiger partial charge >= 0.3 is 5.69 Å². The normalized spacial score (nSPS) is 10.9. The topological polar surface area (TPSA) is 87.5 Å². The van der Waals surface area contributed by atoms with Gasteiger partial charge in [-0.2, -0.15) is 4.57 Å². The molecule has 0 amide bonds. The van der Waals surface area contributed by atoms with Crippen molar-refractivity contribution in [2.45, 2.75) is 26.3 Å². The third-order valence-electron chi connectivity index (χ3n) is 4.37. The predicted molar refractivity (Wildman–Crippen MR) is 98.8 cm³/mol. The molecule has 0 aliphatic carbocycles. The van der Waals surface area contributed by atoms with Crippen molar-refractivity contribution in [3.63, 3.8) is 0 Å². The maximum absolute atomic E-state index is 12.6. The van der Waals surface area contributed by atoms with E-state index >= 15 is 0 Å². The van der Waals surface area contributed by atoms with Crippen LogP contribution in [0.15, 0.2) is 40.1 Å². The minimum Gasteiger partial charge on any atom is -0.493 e. The van der Waals surface area contributed by atoms with Gasteiger partial charge in [-0.25, -0.2) is 9.78 Å². The van der Waals surface area contributed by atoms with Gasteiger partial charge in [0.1, 0.15) is 5.39 Å². The van der Waals surface area contributed by atoms with Gasteiger partial charge in [-0.15, -0.1) is 0 Å². The van der Waals surface area contributed by atoms with Crippen molar-refractivity contribution in [3.8, 4) is 22.6 Å². The van der Waals surface area contributed by atoms with Crippen LogP contribution in [-0.4, -0.2) is 23.8 Å². The highest BCUT2D eigenvalue weighted by Gasteiger charge is 2.19. The number of hydrogen-bond donors (Lipinski definition) is 1. The summed E-state index contributed by atoms with van der Waals surface area (Å²) in [6.07, 6.45) is 3.52. The van der Waals surface area contributed by atoms with Crippen LogP contribution >= 0.6 is 0 Å². The van der Waals surface area contributed by atoms with Gasteiger partial charge in [-0.05, 0) is 30.2 Å². The van der Waals surface area contributed by atoms with E-state index in [1.165, 1.54) is 0 Å². The number of nitrogens with one attached hydrogen (secondary N) is 2. The molecule has 0 bridgehead atoms. The molecule has 26 heavy (non-hydrogen) atoms. The minimum atomic E-state index is -0.417. The van der Waals surface area contributed by atoms with E-state index < -0.39 is 11.2 Å². The zero-order valence-corrected chi connectivity index (χ0v) is 15.1. The highest BCUT2D eigenvalue weighted by molar-refractivity contribution is 5.90. The number of methoxy groups -OCH3 is 2. The lowest BCUT2D eigenvalue weighted by Gasteiger charge is -2.10. The summed E-state index contributed by atoms with van der Waals surface area (Å²) in [5.74, 6) is 1.18. The van der Waals surface area contributed by atoms with E-state index in [1.807, 2.05) is 18.2 Å². The van der Waals surface area contributed by atoms with Gasteiger partial charge in [-0.3, -0.25) is 9.78 Å². The molecule has 0 unspecified atom stereocenters. The van der Waals surface area contributed by atoms with Crippen molar-refractivity contribution in [1.82, 2.24) is 9.55 Å². The summed E-state index contributed by atoms with van der Waals surface area (Å²) in [6.45, 7) is 2.59. The van der Waals surface area contributed by atoms with E-state index in [2.05, 4.69) is 16.9 Å². The first-order valence-corrected chi connectivity index (χ1v) is 8.50. The molecular weight excluding hydrogens is 334 g/mol. The first kappa shape index (κ1) is 17.7. The summed E-state index contributed by atoms with van der Waals surface area (Å²) < 4.78 is 12.2. The Balaban J connectivity index is 2.28. The van der Waals surface area contributed by atoms with Crippen LogP contribution in [0.1, 0.15) is 19.8 Å². The molecule has 7 heteroatoms. The van der Waals surface area contributed by atoms with E-state index in [0.717, 1.165) is 18.4 Å². The second-order valence-electron chi connectivity index (χ2n) is 5.95. The Morgan fingerprint density at radius 3 is 2.58 bits per heavy atom. The van der Waals surface area contributed by atoms with Gasteiger partial charge in [0, 0.05) is 5.56 Å². The fraction of sp³-hybridized carbons (Fsp3) is 0.316. The number of fused-ring (bicyclic) bond motifs is 1. The number of benzene rings is 1. The first-order valence-electron chi connectivity index (χ1n) is 8.50. The van der Waals surface area contributed by atoms with Crippen molar-refractivity contribution < 1.29 is 14.5 Å². The van der Waals surface area contributed by atoms with Crippen molar-refractivity contribution in [2.24, 2.45) is 0 Å². The van der Waals surface area contributed by atoms with Crippen LogP contribution < -0.4 is 25.7 Å². The quantitative estimate of drug-likeness (QED) is 0.732. The molecule has 0 fully saturated rings. The van der Waals surface area contributed by atoms with Crippen molar-refractivity contribution in [2.75, 3.05) is 14.2 Å². The van der Waals surface area contributed by atoms with Gasteiger partial charge in [0.05, 0.1) is 27.0 Å². The van der Waals surface area contributed by atoms with Crippen LogP contribution in [0.3, 0.4) is 0 Å². The molecule has 0 spiro atoms. The summed E-state index contributed by atoms with van der Waals surface area (Å²) in [4.78, 5) is 30.3. The zero-order chi connectivity index (χ0) is 18.7. The van der Waals surface area contributed by atoms with E-state index in [1.54, 1.807) is 31.0 Å². The number of ether oxygens (including phenoxy) is 2. The third-order valence-corrected chi connectivity index (χ3v) is 4.37. The molecule has 2 N–H and O–H groups in total. The number of H-pyrrole nitrogens is 2. The molecule has 0 radical (unpaired) electrons. The lowest BCUT2D eigenvalue weighted by molar-refractivity contribution is -0.349. The maximum atomic E-state index is 12.6. The molecule has 3 rings (SSSR count). The van der Waals surface area contributed by atoms with Crippen LogP contribution in [0.2, 0.25) is 0 Å². The molecule has 0 aliphatic heterocycles. The molecule has 0 aliphatic rings. The lowest BCUT2D eigenvalue weighted by atomic mass is 10.0. The summed E-state index contributed by atoms with van der Waals surface area (Å²) in [5.41, 5.74) is 1.20. The number of aromatic amines is 2. The van der Waals surface area contributed by atoms with Gasteiger partial charge < -0.3 is 9.47 Å². The number of unbranched alkanes of at least 4 members (excludes halogenated alkanes) is 1. The molecule has 2 aromatic heterocycles. The number of nitrogens with zero attached hydrogens (tertiary/aromatic N) is 1. The summed E-state index contributed by atoms with van der Waals surface area (Å²) in [7, 11) is 3.13. The average Bonchev–Trinajstić information content (AvgIpc) is 2.66. The van der Waals surface area contributed by atoms with Gasteiger partial charge in [0.25, 0.3) is 11.2 Å². The number of hydrogen-bond acceptors (Lipinski definition) is 4. The number of aryl methyl sites for hydroxylation is 1. The molecule has 0 atom stereocenters. The molecule has 0 saturated heterocycles. The SMILES string of the molecule is CCCCn1c(=O)[nH]c(=O)c2c(-c3ccc(OC)c(OC)c3)cc[nH+]c21. The number of aromatic nitrogens is 3. The Morgan fingerprint density at radius 2 is 1.88 bits per heavy atom. The minimum absolute atomic E-state index is 0.406. The lowest BCUT2D eigenvalue weighted by Crippen LogP contribution is -2.34. The Labute approximate surface area is 150 Å². The smallest absolute Gasteiger partial charge is 0.415 e. The molecule has 136 valence electrons. The van der Waals surface area contributed by atoms with Crippen molar-refractivity contribution in [1.29, 1.82) is 0 Å². The fourth-order valence-corrected chi connectivity index (χ4v) is 3.03. The summed E-state index contributed by atoms with van der Waals surface area (Å²) in [5, 5.41) is 0.440. The van der Waals surface area contributed by atoms with E-state index in [-0.39, 0.29) is 0 Å². The number of pyridine rings is 1. The van der Waals surface area contributed by atoms with Crippen LogP contribution in [-0.2, 0) is 6.54 Å². The molecule has 3 aromatic rings. The summed E-state index contributed by atoms with van der Waals surface area (Å²) in [6, 6.07) is 7.27. The van der Waals surface area contributed by atoms with Crippen molar-refractivity contribution >= 4 is 11.0 Å². The van der Waals surface area contributed by atoms with E-state index in [0.29, 0.717) is 34.6 Å². The Hall–Kier alpha value is -3.09. The second kappa shape index (κ2) is 7.43. The standard InChI is InChI=1S/C19H21N3O4/c1-4-5-10-22-17-16(18(23)21-19(22)24)13(8-9-20-17)12-6-7-14(25-2)15(11-12)26-3/h6-9,11H,4-5,10H2,1-3H3,(H,21,23,24)/p+1. The first-order chi connectivity index (χ1) is 12.6. The van der Waals surface area contributed by atoms with Crippen LogP contribution in [0.5, 0.6) is 11.5 Å². The average molecular weight is 356 g/mol. The maximum Gasteiger partial charge on any atom is 0.415 e.